The molecule has 8 heteroatoms. The molecule has 0 saturated carbocycles. The number of carbonyl (C=O) groups excluding carboxylic acids is 1. The van der Waals surface area contributed by atoms with Crippen molar-refractivity contribution in [3.8, 4) is 16.9 Å². The molecule has 3 N–H and O–H groups in total. The predicted molar refractivity (Wildman–Crippen MR) is 137 cm³/mol. The molecule has 1 aliphatic carbocycles. The molecule has 6 rings (SSSR count). The Morgan fingerprint density at radius 1 is 0.917 bits per heavy atom. The summed E-state index contributed by atoms with van der Waals surface area (Å²) in [6, 6.07) is 19.4. The minimum Gasteiger partial charge on any atom is -0.344 e. The highest BCUT2D eigenvalue weighted by atomic mass is 16.2. The smallest absolute Gasteiger partial charge is 0.327 e. The molecule has 2 aromatic heterocycles. The Morgan fingerprint density at radius 3 is 2.33 bits per heavy atom. The molecule has 0 fully saturated rings. The van der Waals surface area contributed by atoms with E-state index < -0.39 is 17.2 Å². The van der Waals surface area contributed by atoms with Crippen molar-refractivity contribution in [2.75, 3.05) is 5.32 Å². The SMILES string of the molecule is CC1(C)CC(=O)C2=C(C1)Nc1[nH]c(=O)[nH]c(=O)c1C2c1cn(-c2ccccc2)nc1-c1ccccc1. The van der Waals surface area contributed by atoms with Gasteiger partial charge in [0.05, 0.1) is 22.9 Å². The first-order valence-electron chi connectivity index (χ1n) is 11.9. The lowest BCUT2D eigenvalue weighted by Crippen LogP contribution is -2.39. The van der Waals surface area contributed by atoms with Crippen molar-refractivity contribution in [2.24, 2.45) is 5.41 Å². The van der Waals surface area contributed by atoms with E-state index in [1.807, 2.05) is 80.7 Å². The fourth-order valence-electron chi connectivity index (χ4n) is 5.39. The van der Waals surface area contributed by atoms with E-state index in [-0.39, 0.29) is 11.2 Å². The average Bonchev–Trinajstić information content (AvgIpc) is 3.28. The Kier molecular flexibility index (Phi) is 4.93. The fraction of sp³-hybridized carbons (Fsp3) is 0.214. The molecule has 3 heterocycles. The van der Waals surface area contributed by atoms with Crippen LogP contribution in [0.3, 0.4) is 0 Å². The highest BCUT2D eigenvalue weighted by molar-refractivity contribution is 6.01. The first-order chi connectivity index (χ1) is 17.3. The van der Waals surface area contributed by atoms with Gasteiger partial charge in [-0.05, 0) is 24.0 Å². The van der Waals surface area contributed by atoms with Crippen molar-refractivity contribution in [3.05, 3.63) is 110 Å². The van der Waals surface area contributed by atoms with Gasteiger partial charge in [-0.25, -0.2) is 9.48 Å². The van der Waals surface area contributed by atoms with Gasteiger partial charge in [0.25, 0.3) is 5.56 Å². The summed E-state index contributed by atoms with van der Waals surface area (Å²) in [6.07, 6.45) is 2.88. The number of rotatable bonds is 3. The first kappa shape index (κ1) is 22.0. The van der Waals surface area contributed by atoms with Crippen LogP contribution in [0.4, 0.5) is 5.82 Å². The lowest BCUT2D eigenvalue weighted by Gasteiger charge is -2.38. The number of anilines is 1. The van der Waals surface area contributed by atoms with Crippen LogP contribution in [0.1, 0.15) is 43.7 Å². The first-order valence-corrected chi connectivity index (χ1v) is 11.9. The summed E-state index contributed by atoms with van der Waals surface area (Å²) in [4.78, 5) is 44.1. The standard InChI is InChI=1S/C28H25N5O3/c1-28(2)13-19-22(20(34)14-28)21(23-25(29-19)30-27(36)31-26(23)35)18-15-33(17-11-7-4-8-12-17)32-24(18)16-9-5-3-6-10-16/h3-12,15,21H,13-14H2,1-2H3,(H3,29,30,31,35,36). The quantitative estimate of drug-likeness (QED) is 0.409. The van der Waals surface area contributed by atoms with E-state index in [0.29, 0.717) is 35.5 Å². The van der Waals surface area contributed by atoms with Gasteiger partial charge in [-0.2, -0.15) is 5.10 Å². The van der Waals surface area contributed by atoms with E-state index in [0.717, 1.165) is 22.5 Å². The van der Waals surface area contributed by atoms with Crippen LogP contribution in [0.5, 0.6) is 0 Å². The van der Waals surface area contributed by atoms with Crippen molar-refractivity contribution in [3.63, 3.8) is 0 Å². The van der Waals surface area contributed by atoms with Crippen LogP contribution in [-0.2, 0) is 4.79 Å². The highest BCUT2D eigenvalue weighted by Crippen LogP contribution is 2.49. The third-order valence-electron chi connectivity index (χ3n) is 6.87. The molecule has 1 atom stereocenters. The monoisotopic (exact) mass is 479 g/mol. The van der Waals surface area contributed by atoms with Crippen LogP contribution in [0, 0.1) is 5.41 Å². The predicted octanol–water partition coefficient (Wildman–Crippen LogP) is 4.12. The molecular weight excluding hydrogens is 454 g/mol. The van der Waals surface area contributed by atoms with E-state index in [9.17, 15) is 14.4 Å². The maximum absolute atomic E-state index is 13.6. The lowest BCUT2D eigenvalue weighted by molar-refractivity contribution is -0.118. The van der Waals surface area contributed by atoms with E-state index in [2.05, 4.69) is 15.3 Å². The Balaban J connectivity index is 1.66. The van der Waals surface area contributed by atoms with Gasteiger partial charge in [0.1, 0.15) is 5.82 Å². The van der Waals surface area contributed by atoms with Gasteiger partial charge in [-0.1, -0.05) is 62.4 Å². The Bertz CT molecular complexity index is 1640. The molecule has 0 spiro atoms. The highest BCUT2D eigenvalue weighted by Gasteiger charge is 2.43. The van der Waals surface area contributed by atoms with Crippen LogP contribution >= 0.6 is 0 Å². The number of nitrogens with zero attached hydrogens (tertiary/aromatic N) is 2. The molecule has 0 bridgehead atoms. The van der Waals surface area contributed by atoms with Crippen LogP contribution in [0.2, 0.25) is 0 Å². The summed E-state index contributed by atoms with van der Waals surface area (Å²) in [6.45, 7) is 4.09. The number of benzene rings is 2. The zero-order valence-electron chi connectivity index (χ0n) is 20.0. The van der Waals surface area contributed by atoms with Crippen molar-refractivity contribution >= 4 is 11.6 Å². The van der Waals surface area contributed by atoms with Gasteiger partial charge in [0.2, 0.25) is 0 Å². The maximum atomic E-state index is 13.6. The number of carbonyl (C=O) groups is 1. The van der Waals surface area contributed by atoms with Crippen molar-refractivity contribution in [1.82, 2.24) is 19.7 Å². The molecule has 0 amide bonds. The zero-order valence-corrected chi connectivity index (χ0v) is 20.0. The van der Waals surface area contributed by atoms with E-state index in [1.54, 1.807) is 4.68 Å². The number of aromatic nitrogens is 4. The molecule has 36 heavy (non-hydrogen) atoms. The molecule has 8 nitrogen and oxygen atoms in total. The van der Waals surface area contributed by atoms with E-state index >= 15 is 0 Å². The second-order valence-electron chi connectivity index (χ2n) is 10.2. The fourth-order valence-corrected chi connectivity index (χ4v) is 5.39. The van der Waals surface area contributed by atoms with Crippen molar-refractivity contribution in [1.29, 1.82) is 0 Å². The minimum absolute atomic E-state index is 0.0125. The van der Waals surface area contributed by atoms with Crippen molar-refractivity contribution in [2.45, 2.75) is 32.6 Å². The minimum atomic E-state index is -0.687. The molecule has 2 aliphatic rings. The summed E-state index contributed by atoms with van der Waals surface area (Å²) in [5.74, 6) is -0.376. The molecule has 0 radical (unpaired) electrons. The van der Waals surface area contributed by atoms with Crippen LogP contribution in [0.15, 0.2) is 87.7 Å². The van der Waals surface area contributed by atoms with Crippen LogP contribution in [0.25, 0.3) is 16.9 Å². The largest absolute Gasteiger partial charge is 0.344 e. The molecule has 2 aromatic carbocycles. The number of hydrogen-bond donors (Lipinski definition) is 3. The summed E-state index contributed by atoms with van der Waals surface area (Å²) in [5.41, 5.74) is 3.36. The van der Waals surface area contributed by atoms with E-state index in [4.69, 9.17) is 5.10 Å². The van der Waals surface area contributed by atoms with Crippen LogP contribution in [-0.4, -0.2) is 25.5 Å². The number of hydrogen-bond acceptors (Lipinski definition) is 5. The molecular formula is C28H25N5O3. The Morgan fingerprint density at radius 2 is 1.61 bits per heavy atom. The van der Waals surface area contributed by atoms with Gasteiger partial charge in [0.15, 0.2) is 5.78 Å². The third kappa shape index (κ3) is 3.62. The van der Waals surface area contributed by atoms with Gasteiger partial charge in [-0.15, -0.1) is 0 Å². The normalized spacial score (nSPS) is 18.4. The number of aromatic amines is 2. The number of para-hydroxylation sites is 1. The topological polar surface area (TPSA) is 113 Å². The van der Waals surface area contributed by atoms with Crippen molar-refractivity contribution < 1.29 is 4.79 Å². The molecule has 1 unspecified atom stereocenters. The molecule has 4 aromatic rings. The number of Topliss-reactive ketones (excluding diaryl/α,β-unsaturated/α-hetero) is 1. The summed E-state index contributed by atoms with van der Waals surface area (Å²) < 4.78 is 1.77. The third-order valence-corrected chi connectivity index (χ3v) is 6.87. The lowest BCUT2D eigenvalue weighted by atomic mass is 9.69. The molecule has 1 aliphatic heterocycles. The van der Waals surface area contributed by atoms with Gasteiger partial charge in [-0.3, -0.25) is 19.6 Å². The maximum Gasteiger partial charge on any atom is 0.327 e. The van der Waals surface area contributed by atoms with E-state index in [1.165, 1.54) is 0 Å². The number of ketones is 1. The van der Waals surface area contributed by atoms with Gasteiger partial charge >= 0.3 is 5.69 Å². The van der Waals surface area contributed by atoms with Gasteiger partial charge in [0, 0.05) is 35.0 Å². The number of fused-ring (bicyclic) bond motifs is 1. The zero-order chi connectivity index (χ0) is 25.0. The number of allylic oxidation sites excluding steroid dienone is 2. The molecule has 180 valence electrons. The Labute approximate surface area is 206 Å². The molecule has 0 saturated heterocycles. The summed E-state index contributed by atoms with van der Waals surface area (Å²) in [7, 11) is 0. The second kappa shape index (κ2) is 8.05. The number of nitrogens with one attached hydrogen (secondary N) is 3. The summed E-state index contributed by atoms with van der Waals surface area (Å²) >= 11 is 0. The average molecular weight is 480 g/mol. The Hall–Kier alpha value is -4.46. The number of H-pyrrole nitrogens is 2. The van der Waals surface area contributed by atoms with Crippen LogP contribution < -0.4 is 16.6 Å². The second-order valence-corrected chi connectivity index (χ2v) is 10.2. The summed E-state index contributed by atoms with van der Waals surface area (Å²) in [5, 5.41) is 8.14. The van der Waals surface area contributed by atoms with Gasteiger partial charge < -0.3 is 5.32 Å².